The maximum Gasteiger partial charge on any atom is 0.335 e. The number of nitrogens with zero attached hydrogens (tertiary/aromatic N) is 2. The lowest BCUT2D eigenvalue weighted by molar-refractivity contribution is 0.0697. The van der Waals surface area contributed by atoms with E-state index in [1.165, 1.54) is 23.1 Å². The van der Waals surface area contributed by atoms with Crippen molar-refractivity contribution < 1.29 is 23.5 Å². The van der Waals surface area contributed by atoms with Gasteiger partial charge in [-0.05, 0) is 37.9 Å². The number of carbonyl (C=O) groups excluding carboxylic acids is 1. The van der Waals surface area contributed by atoms with E-state index < -0.39 is 23.6 Å². The van der Waals surface area contributed by atoms with Crippen molar-refractivity contribution in [1.29, 1.82) is 0 Å². The summed E-state index contributed by atoms with van der Waals surface area (Å²) in [6.45, 7) is 1.13. The van der Waals surface area contributed by atoms with Gasteiger partial charge in [0.05, 0.1) is 12.1 Å². The number of carbonyl (C=O) groups is 2. The van der Waals surface area contributed by atoms with Gasteiger partial charge in [0.25, 0.3) is 0 Å². The summed E-state index contributed by atoms with van der Waals surface area (Å²) >= 11 is 0. The number of halogens is 2. The van der Waals surface area contributed by atoms with Crippen LogP contribution in [0, 0.1) is 11.6 Å². The predicted molar refractivity (Wildman–Crippen MR) is 101 cm³/mol. The molecule has 0 aliphatic carbocycles. The number of likely N-dealkylation sites (N-methyl/N-ethyl adjacent to an activating group) is 1. The van der Waals surface area contributed by atoms with E-state index in [-0.39, 0.29) is 24.2 Å². The molecule has 0 aliphatic heterocycles. The lowest BCUT2D eigenvalue weighted by Gasteiger charge is -2.25. The van der Waals surface area contributed by atoms with Crippen LogP contribution in [-0.2, 0) is 13.1 Å². The van der Waals surface area contributed by atoms with Gasteiger partial charge in [0.1, 0.15) is 11.6 Å². The lowest BCUT2D eigenvalue weighted by Crippen LogP contribution is -2.42. The Morgan fingerprint density at radius 2 is 1.71 bits per heavy atom. The fourth-order valence-electron chi connectivity index (χ4n) is 2.48. The van der Waals surface area contributed by atoms with Gasteiger partial charge in [-0.1, -0.05) is 18.2 Å². The zero-order chi connectivity index (χ0) is 20.7. The molecule has 0 saturated carbocycles. The number of hydrogen-bond donors (Lipinski definition) is 2. The number of hydrogen-bond acceptors (Lipinski definition) is 3. The molecule has 28 heavy (non-hydrogen) atoms. The summed E-state index contributed by atoms with van der Waals surface area (Å²) in [4.78, 5) is 26.8. The van der Waals surface area contributed by atoms with Crippen LogP contribution in [0.15, 0.2) is 42.5 Å². The summed E-state index contributed by atoms with van der Waals surface area (Å²) in [5.74, 6) is -2.39. The highest BCUT2D eigenvalue weighted by molar-refractivity contribution is 5.87. The first-order valence-corrected chi connectivity index (χ1v) is 8.70. The molecule has 0 aliphatic rings. The van der Waals surface area contributed by atoms with Gasteiger partial charge in [-0.3, -0.25) is 0 Å². The Labute approximate surface area is 162 Å². The molecule has 0 spiro atoms. The molecule has 0 unspecified atom stereocenters. The minimum atomic E-state index is -1.02. The van der Waals surface area contributed by atoms with E-state index >= 15 is 0 Å². The number of benzene rings is 2. The molecule has 0 radical (unpaired) electrons. The van der Waals surface area contributed by atoms with Crippen LogP contribution in [0.4, 0.5) is 13.6 Å². The van der Waals surface area contributed by atoms with Gasteiger partial charge >= 0.3 is 12.0 Å². The summed E-state index contributed by atoms with van der Waals surface area (Å²) in [6, 6.07) is 9.04. The molecule has 2 aromatic carbocycles. The van der Waals surface area contributed by atoms with Gasteiger partial charge in [-0.25, -0.2) is 18.4 Å². The van der Waals surface area contributed by atoms with E-state index in [1.54, 1.807) is 12.1 Å². The molecular weight excluding hydrogens is 368 g/mol. The van der Waals surface area contributed by atoms with Gasteiger partial charge in [0.2, 0.25) is 0 Å². The highest BCUT2D eigenvalue weighted by Gasteiger charge is 2.16. The van der Waals surface area contributed by atoms with E-state index in [9.17, 15) is 18.4 Å². The summed E-state index contributed by atoms with van der Waals surface area (Å²) < 4.78 is 27.1. The third kappa shape index (κ3) is 6.31. The minimum Gasteiger partial charge on any atom is -0.478 e. The lowest BCUT2D eigenvalue weighted by atomic mass is 10.1. The molecule has 0 aromatic heterocycles. The number of amides is 2. The maximum absolute atomic E-state index is 14.0. The highest BCUT2D eigenvalue weighted by atomic mass is 19.1. The molecule has 2 rings (SSSR count). The predicted octanol–water partition coefficient (Wildman–Crippen LogP) is 2.94. The van der Waals surface area contributed by atoms with Gasteiger partial charge in [0.15, 0.2) is 0 Å². The van der Waals surface area contributed by atoms with Crippen LogP contribution >= 0.6 is 0 Å². The summed E-state index contributed by atoms with van der Waals surface area (Å²) in [6.07, 6.45) is 0. The summed E-state index contributed by atoms with van der Waals surface area (Å²) in [7, 11) is 3.72. The fraction of sp³-hybridized carbons (Fsp3) is 0.300. The van der Waals surface area contributed by atoms with Crippen molar-refractivity contribution >= 4 is 12.0 Å². The Kier molecular flexibility index (Phi) is 7.45. The van der Waals surface area contributed by atoms with E-state index in [2.05, 4.69) is 5.32 Å². The molecule has 6 nitrogen and oxygen atoms in total. The molecule has 0 bridgehead atoms. The topological polar surface area (TPSA) is 72.9 Å². The Hall–Kier alpha value is -3.00. The molecule has 0 fully saturated rings. The van der Waals surface area contributed by atoms with Crippen LogP contribution in [0.5, 0.6) is 0 Å². The van der Waals surface area contributed by atoms with E-state index in [4.69, 9.17) is 5.11 Å². The van der Waals surface area contributed by atoms with Crippen molar-refractivity contribution in [2.24, 2.45) is 0 Å². The molecular formula is C20H23F2N3O3. The summed E-state index contributed by atoms with van der Waals surface area (Å²) in [5.41, 5.74) is 1.12. The van der Waals surface area contributed by atoms with Gasteiger partial charge in [-0.15, -0.1) is 0 Å². The molecule has 2 amide bonds. The number of carboxylic acids is 1. The molecule has 0 saturated heterocycles. The standard InChI is InChI=1S/C20H23F2N3O3/c1-24(2)9-10-25(13-16-7-8-17(21)11-18(16)22)20(28)23-12-14-3-5-15(6-4-14)19(26)27/h3-8,11H,9-10,12-13H2,1-2H3,(H,23,28)(H,26,27). The van der Waals surface area contributed by atoms with Gasteiger partial charge in [0, 0.05) is 31.3 Å². The van der Waals surface area contributed by atoms with Crippen molar-refractivity contribution in [3.8, 4) is 0 Å². The first kappa shape index (κ1) is 21.3. The molecule has 150 valence electrons. The molecule has 2 aromatic rings. The average Bonchev–Trinajstić information content (AvgIpc) is 2.64. The Bertz CT molecular complexity index is 826. The molecule has 2 N–H and O–H groups in total. The van der Waals surface area contributed by atoms with Crippen LogP contribution < -0.4 is 5.32 Å². The molecule has 0 atom stereocenters. The second-order valence-corrected chi connectivity index (χ2v) is 6.62. The zero-order valence-corrected chi connectivity index (χ0v) is 15.8. The number of aromatic carboxylic acids is 1. The average molecular weight is 391 g/mol. The highest BCUT2D eigenvalue weighted by Crippen LogP contribution is 2.13. The second-order valence-electron chi connectivity index (χ2n) is 6.62. The maximum atomic E-state index is 14.0. The Morgan fingerprint density at radius 3 is 2.29 bits per heavy atom. The summed E-state index contributed by atoms with van der Waals surface area (Å²) in [5, 5.41) is 11.7. The first-order chi connectivity index (χ1) is 13.3. The van der Waals surface area contributed by atoms with E-state index in [0.717, 1.165) is 17.7 Å². The molecule has 8 heteroatoms. The fourth-order valence-corrected chi connectivity index (χ4v) is 2.48. The van der Waals surface area contributed by atoms with Crippen LogP contribution in [0.2, 0.25) is 0 Å². The third-order valence-corrected chi connectivity index (χ3v) is 4.13. The monoisotopic (exact) mass is 391 g/mol. The number of carboxylic acid groups (broad SMARTS) is 1. The quantitative estimate of drug-likeness (QED) is 0.726. The van der Waals surface area contributed by atoms with E-state index in [0.29, 0.717) is 13.1 Å². The van der Waals surface area contributed by atoms with Crippen molar-refractivity contribution in [2.45, 2.75) is 13.1 Å². The Morgan fingerprint density at radius 1 is 1.04 bits per heavy atom. The van der Waals surface area contributed by atoms with Crippen molar-refractivity contribution in [2.75, 3.05) is 27.2 Å². The number of urea groups is 1. The Balaban J connectivity index is 2.04. The zero-order valence-electron chi connectivity index (χ0n) is 15.8. The van der Waals surface area contributed by atoms with Gasteiger partial charge < -0.3 is 20.2 Å². The van der Waals surface area contributed by atoms with Crippen LogP contribution in [0.1, 0.15) is 21.5 Å². The van der Waals surface area contributed by atoms with Crippen molar-refractivity contribution in [3.05, 3.63) is 70.8 Å². The number of nitrogens with one attached hydrogen (secondary N) is 1. The SMILES string of the molecule is CN(C)CCN(Cc1ccc(F)cc1F)C(=O)NCc1ccc(C(=O)O)cc1. The minimum absolute atomic E-state index is 0.00371. The molecule has 0 heterocycles. The first-order valence-electron chi connectivity index (χ1n) is 8.70. The van der Waals surface area contributed by atoms with Crippen LogP contribution in [0.3, 0.4) is 0 Å². The normalized spacial score (nSPS) is 10.8. The van der Waals surface area contributed by atoms with Crippen molar-refractivity contribution in [3.63, 3.8) is 0 Å². The van der Waals surface area contributed by atoms with Crippen molar-refractivity contribution in [1.82, 2.24) is 15.1 Å². The van der Waals surface area contributed by atoms with Gasteiger partial charge in [-0.2, -0.15) is 0 Å². The van der Waals surface area contributed by atoms with Crippen LogP contribution in [0.25, 0.3) is 0 Å². The number of rotatable bonds is 8. The second kappa shape index (κ2) is 9.80. The smallest absolute Gasteiger partial charge is 0.335 e. The van der Waals surface area contributed by atoms with Crippen LogP contribution in [-0.4, -0.2) is 54.1 Å². The van der Waals surface area contributed by atoms with E-state index in [1.807, 2.05) is 19.0 Å². The third-order valence-electron chi connectivity index (χ3n) is 4.13. The largest absolute Gasteiger partial charge is 0.478 e.